The van der Waals surface area contributed by atoms with Crippen molar-refractivity contribution in [2.45, 2.75) is 19.6 Å². The van der Waals surface area contributed by atoms with E-state index < -0.39 is 40.3 Å². The summed E-state index contributed by atoms with van der Waals surface area (Å²) in [5.74, 6) is -2.16. The lowest BCUT2D eigenvalue weighted by Gasteiger charge is -2.26. The van der Waals surface area contributed by atoms with Crippen LogP contribution in [-0.2, 0) is 25.7 Å². The standard InChI is InChI=1S/C18H18FN5O6S2/c1-9(17(21)26)24(12-5-3-10(19)4-6-12)18-22-16(20)15(31-18)14(25)13-7-11(23-30-13)8-29-32(2,27)28/h3-7,9H,8,20H2,1-2H3,(H2,21,26)/t9-/m1/s1. The van der Waals surface area contributed by atoms with Crippen molar-refractivity contribution in [2.75, 3.05) is 16.9 Å². The molecule has 0 aliphatic carbocycles. The van der Waals surface area contributed by atoms with Gasteiger partial charge >= 0.3 is 0 Å². The maximum Gasteiger partial charge on any atom is 0.264 e. The lowest BCUT2D eigenvalue weighted by molar-refractivity contribution is -0.118. The second kappa shape index (κ2) is 9.02. The van der Waals surface area contributed by atoms with Crippen molar-refractivity contribution in [3.63, 3.8) is 0 Å². The number of nitrogens with two attached hydrogens (primary N) is 2. The molecule has 170 valence electrons. The molecule has 2 heterocycles. The van der Waals surface area contributed by atoms with Crippen LogP contribution in [0.25, 0.3) is 0 Å². The molecule has 0 aliphatic rings. The van der Waals surface area contributed by atoms with Crippen LogP contribution in [0.15, 0.2) is 34.9 Å². The summed E-state index contributed by atoms with van der Waals surface area (Å²) in [7, 11) is -3.70. The number of primary amides is 1. The molecule has 1 atom stereocenters. The van der Waals surface area contributed by atoms with Crippen LogP contribution in [0.5, 0.6) is 0 Å². The number of benzene rings is 1. The quantitative estimate of drug-likeness (QED) is 0.336. The SMILES string of the molecule is C[C@H](C(N)=O)N(c1ccc(F)cc1)c1nc(N)c(C(=O)c2cc(COS(C)(=O)=O)no2)s1. The van der Waals surface area contributed by atoms with Crippen LogP contribution >= 0.6 is 11.3 Å². The van der Waals surface area contributed by atoms with E-state index in [0.717, 1.165) is 17.6 Å². The molecule has 3 aromatic rings. The van der Waals surface area contributed by atoms with Gasteiger partial charge in [0.2, 0.25) is 17.5 Å². The molecule has 0 spiro atoms. The fourth-order valence-corrected chi connectivity index (χ4v) is 3.95. The second-order valence-electron chi connectivity index (χ2n) is 6.61. The highest BCUT2D eigenvalue weighted by Crippen LogP contribution is 2.36. The fourth-order valence-electron chi connectivity index (χ4n) is 2.58. The molecule has 11 nitrogen and oxygen atoms in total. The first-order chi connectivity index (χ1) is 15.0. The summed E-state index contributed by atoms with van der Waals surface area (Å²) in [6.45, 7) is 1.11. The Morgan fingerprint density at radius 3 is 2.56 bits per heavy atom. The van der Waals surface area contributed by atoms with E-state index in [2.05, 4.69) is 14.3 Å². The zero-order valence-corrected chi connectivity index (χ0v) is 18.4. The molecule has 0 fully saturated rings. The van der Waals surface area contributed by atoms with Gasteiger partial charge in [-0.2, -0.15) is 8.42 Å². The van der Waals surface area contributed by atoms with E-state index in [-0.39, 0.29) is 27.3 Å². The van der Waals surface area contributed by atoms with Gasteiger partial charge in [0.05, 0.1) is 6.26 Å². The zero-order valence-electron chi connectivity index (χ0n) is 16.8. The number of rotatable bonds is 9. The Morgan fingerprint density at radius 2 is 1.97 bits per heavy atom. The van der Waals surface area contributed by atoms with Crippen molar-refractivity contribution in [2.24, 2.45) is 5.73 Å². The molecular weight excluding hydrogens is 465 g/mol. The molecule has 32 heavy (non-hydrogen) atoms. The number of amides is 1. The summed E-state index contributed by atoms with van der Waals surface area (Å²) in [5, 5.41) is 3.77. The van der Waals surface area contributed by atoms with Gasteiger partial charge in [-0.25, -0.2) is 9.37 Å². The van der Waals surface area contributed by atoms with Gasteiger partial charge in [0.1, 0.15) is 34.9 Å². The van der Waals surface area contributed by atoms with Gasteiger partial charge in [-0.05, 0) is 31.2 Å². The number of carbonyl (C=O) groups is 2. The molecule has 0 aliphatic heterocycles. The molecule has 4 N–H and O–H groups in total. The molecule has 0 bridgehead atoms. The van der Waals surface area contributed by atoms with Crippen LogP contribution in [0.1, 0.15) is 28.0 Å². The van der Waals surface area contributed by atoms with Crippen LogP contribution in [-0.4, -0.2) is 42.5 Å². The predicted molar refractivity (Wildman–Crippen MR) is 113 cm³/mol. The van der Waals surface area contributed by atoms with Crippen molar-refractivity contribution < 1.29 is 31.1 Å². The molecule has 0 radical (unpaired) electrons. The molecule has 2 aromatic heterocycles. The third kappa shape index (κ3) is 5.27. The molecule has 0 unspecified atom stereocenters. The maximum absolute atomic E-state index is 13.3. The number of hydrogen-bond donors (Lipinski definition) is 2. The third-order valence-electron chi connectivity index (χ3n) is 4.16. The van der Waals surface area contributed by atoms with E-state index in [9.17, 15) is 22.4 Å². The number of anilines is 3. The van der Waals surface area contributed by atoms with Crippen LogP contribution < -0.4 is 16.4 Å². The minimum atomic E-state index is -3.70. The van der Waals surface area contributed by atoms with Gasteiger partial charge in [-0.1, -0.05) is 16.5 Å². The van der Waals surface area contributed by atoms with Gasteiger partial charge in [0.25, 0.3) is 10.1 Å². The Balaban J connectivity index is 1.92. The van der Waals surface area contributed by atoms with Crippen molar-refractivity contribution in [3.05, 3.63) is 52.5 Å². The predicted octanol–water partition coefficient (Wildman–Crippen LogP) is 1.57. The van der Waals surface area contributed by atoms with E-state index in [4.69, 9.17) is 16.0 Å². The molecule has 14 heteroatoms. The van der Waals surface area contributed by atoms with Gasteiger partial charge in [0, 0.05) is 11.8 Å². The van der Waals surface area contributed by atoms with Crippen molar-refractivity contribution in [1.29, 1.82) is 0 Å². The van der Waals surface area contributed by atoms with Crippen LogP contribution in [0.3, 0.4) is 0 Å². The second-order valence-corrected chi connectivity index (χ2v) is 9.23. The summed E-state index contributed by atoms with van der Waals surface area (Å²) < 4.78 is 45.1. The first-order valence-electron chi connectivity index (χ1n) is 8.91. The van der Waals surface area contributed by atoms with Crippen molar-refractivity contribution in [3.8, 4) is 0 Å². The number of ketones is 1. The smallest absolute Gasteiger partial charge is 0.264 e. The number of nitrogen functional groups attached to an aromatic ring is 1. The average Bonchev–Trinajstić information content (AvgIpc) is 3.34. The minimum absolute atomic E-state index is 0.00415. The van der Waals surface area contributed by atoms with E-state index in [1.807, 2.05) is 0 Å². The normalized spacial score (nSPS) is 12.5. The Labute approximate surface area is 185 Å². The summed E-state index contributed by atoms with van der Waals surface area (Å²) in [6.07, 6.45) is 0.874. The highest BCUT2D eigenvalue weighted by molar-refractivity contribution is 7.85. The molecule has 3 rings (SSSR count). The molecule has 0 saturated heterocycles. The number of carbonyl (C=O) groups excluding carboxylic acids is 2. The van der Waals surface area contributed by atoms with E-state index in [0.29, 0.717) is 5.69 Å². The largest absolute Gasteiger partial charge is 0.382 e. The lowest BCUT2D eigenvalue weighted by Crippen LogP contribution is -2.39. The Kier molecular flexibility index (Phi) is 6.57. The average molecular weight is 484 g/mol. The minimum Gasteiger partial charge on any atom is -0.382 e. The van der Waals surface area contributed by atoms with Gasteiger partial charge < -0.3 is 20.9 Å². The summed E-state index contributed by atoms with van der Waals surface area (Å²) in [4.78, 5) is 30.3. The highest BCUT2D eigenvalue weighted by Gasteiger charge is 2.28. The summed E-state index contributed by atoms with van der Waals surface area (Å²) >= 11 is 0.866. The molecular formula is C18H18FN5O6S2. The fraction of sp³-hybridized carbons (Fsp3) is 0.222. The van der Waals surface area contributed by atoms with E-state index in [1.54, 1.807) is 0 Å². The van der Waals surface area contributed by atoms with Gasteiger partial charge in [0.15, 0.2) is 5.13 Å². The van der Waals surface area contributed by atoms with Gasteiger partial charge in [-0.3, -0.25) is 13.8 Å². The third-order valence-corrected chi connectivity index (χ3v) is 5.78. The molecule has 1 aromatic carbocycles. The van der Waals surface area contributed by atoms with Gasteiger partial charge in [-0.15, -0.1) is 0 Å². The first-order valence-corrected chi connectivity index (χ1v) is 11.5. The number of thiazole rings is 1. The lowest BCUT2D eigenvalue weighted by atomic mass is 10.2. The number of nitrogens with zero attached hydrogens (tertiary/aromatic N) is 3. The Morgan fingerprint density at radius 1 is 1.31 bits per heavy atom. The number of aromatic nitrogens is 2. The Hall–Kier alpha value is -3.36. The van der Waals surface area contributed by atoms with Crippen molar-refractivity contribution >= 4 is 49.8 Å². The van der Waals surface area contributed by atoms with Crippen LogP contribution in [0, 0.1) is 5.82 Å². The van der Waals surface area contributed by atoms with E-state index >= 15 is 0 Å². The van der Waals surface area contributed by atoms with Crippen LogP contribution in [0.4, 0.5) is 21.0 Å². The highest BCUT2D eigenvalue weighted by atomic mass is 32.2. The molecule has 1 amide bonds. The zero-order chi connectivity index (χ0) is 23.6. The number of halogens is 1. The topological polar surface area (TPSA) is 172 Å². The summed E-state index contributed by atoms with van der Waals surface area (Å²) in [5.41, 5.74) is 11.9. The van der Waals surface area contributed by atoms with Crippen LogP contribution in [0.2, 0.25) is 0 Å². The first kappa shape index (κ1) is 23.3. The number of hydrogen-bond acceptors (Lipinski definition) is 11. The summed E-state index contributed by atoms with van der Waals surface area (Å²) in [6, 6.07) is 5.59. The van der Waals surface area contributed by atoms with Crippen molar-refractivity contribution in [1.82, 2.24) is 10.1 Å². The molecule has 0 saturated carbocycles. The Bertz CT molecular complexity index is 1260. The monoisotopic (exact) mass is 483 g/mol. The van der Waals surface area contributed by atoms with E-state index in [1.165, 1.54) is 42.2 Å². The maximum atomic E-state index is 13.3.